The van der Waals surface area contributed by atoms with Gasteiger partial charge in [-0.3, -0.25) is 0 Å². The van der Waals surface area contributed by atoms with E-state index < -0.39 is 0 Å². The van der Waals surface area contributed by atoms with Crippen molar-refractivity contribution in [2.75, 3.05) is 0 Å². The molecule has 0 bridgehead atoms. The number of nitrogens with one attached hydrogen (secondary N) is 1. The molecule has 0 aromatic heterocycles. The number of benzene rings is 2. The van der Waals surface area contributed by atoms with Crippen LogP contribution in [0.15, 0.2) is 46.9 Å². The first-order valence-electron chi connectivity index (χ1n) is 6.86. The zero-order chi connectivity index (χ0) is 14.5. The Labute approximate surface area is 128 Å². The van der Waals surface area contributed by atoms with Crippen LogP contribution < -0.4 is 5.32 Å². The lowest BCUT2D eigenvalue weighted by molar-refractivity contribution is 0.568. The van der Waals surface area contributed by atoms with Crippen LogP contribution in [0.25, 0.3) is 0 Å². The van der Waals surface area contributed by atoms with E-state index in [1.54, 1.807) is 12.1 Å². The van der Waals surface area contributed by atoms with Crippen molar-refractivity contribution in [1.29, 1.82) is 0 Å². The minimum absolute atomic E-state index is 0.218. The highest BCUT2D eigenvalue weighted by Gasteiger charge is 2.06. The van der Waals surface area contributed by atoms with Gasteiger partial charge in [-0.2, -0.15) is 0 Å². The summed E-state index contributed by atoms with van der Waals surface area (Å²) in [7, 11) is 0. The van der Waals surface area contributed by atoms with Crippen molar-refractivity contribution in [1.82, 2.24) is 5.32 Å². The molecule has 0 saturated heterocycles. The summed E-state index contributed by atoms with van der Waals surface area (Å²) in [5.74, 6) is -0.218. The van der Waals surface area contributed by atoms with E-state index in [1.165, 1.54) is 11.1 Å². The van der Waals surface area contributed by atoms with Gasteiger partial charge in [0.15, 0.2) is 0 Å². The molecular formula is C17H19BrFN. The van der Waals surface area contributed by atoms with Gasteiger partial charge in [-0.05, 0) is 58.1 Å². The van der Waals surface area contributed by atoms with Gasteiger partial charge in [0.25, 0.3) is 0 Å². The van der Waals surface area contributed by atoms with E-state index in [0.717, 1.165) is 12.0 Å². The zero-order valence-electron chi connectivity index (χ0n) is 11.8. The normalized spacial score (nSPS) is 12.4. The standard InChI is InChI=1S/C17H19BrFN/c1-3-13-4-7-15(8-5-13)12(2)20-11-14-6-9-16(18)17(19)10-14/h4-10,12,20H,3,11H2,1-2H3. The van der Waals surface area contributed by atoms with E-state index in [0.29, 0.717) is 11.0 Å². The molecule has 0 heterocycles. The van der Waals surface area contributed by atoms with Crippen molar-refractivity contribution in [2.24, 2.45) is 0 Å². The lowest BCUT2D eigenvalue weighted by Gasteiger charge is -2.15. The van der Waals surface area contributed by atoms with Crippen molar-refractivity contribution in [3.05, 3.63) is 69.4 Å². The van der Waals surface area contributed by atoms with E-state index in [4.69, 9.17) is 0 Å². The fraction of sp³-hybridized carbons (Fsp3) is 0.294. The van der Waals surface area contributed by atoms with Crippen molar-refractivity contribution in [3.63, 3.8) is 0 Å². The third-order valence-corrected chi connectivity index (χ3v) is 4.13. The molecule has 3 heteroatoms. The van der Waals surface area contributed by atoms with Gasteiger partial charge in [0, 0.05) is 12.6 Å². The molecule has 1 nitrogen and oxygen atoms in total. The van der Waals surface area contributed by atoms with E-state index in [-0.39, 0.29) is 11.9 Å². The highest BCUT2D eigenvalue weighted by Crippen LogP contribution is 2.18. The van der Waals surface area contributed by atoms with Crippen LogP contribution in [0.1, 0.15) is 36.6 Å². The van der Waals surface area contributed by atoms with Crippen molar-refractivity contribution in [2.45, 2.75) is 32.9 Å². The third kappa shape index (κ3) is 3.90. The number of aryl methyl sites for hydroxylation is 1. The topological polar surface area (TPSA) is 12.0 Å². The Kier molecular flexibility index (Phi) is 5.32. The molecule has 1 unspecified atom stereocenters. The minimum atomic E-state index is -0.218. The fourth-order valence-electron chi connectivity index (χ4n) is 2.08. The number of rotatable bonds is 5. The van der Waals surface area contributed by atoms with Crippen LogP contribution in [0.2, 0.25) is 0 Å². The minimum Gasteiger partial charge on any atom is -0.306 e. The van der Waals surface area contributed by atoms with Gasteiger partial charge in [0.2, 0.25) is 0 Å². The largest absolute Gasteiger partial charge is 0.306 e. The quantitative estimate of drug-likeness (QED) is 0.810. The first-order chi connectivity index (χ1) is 9.60. The Morgan fingerprint density at radius 1 is 1.10 bits per heavy atom. The van der Waals surface area contributed by atoms with Gasteiger partial charge in [0.05, 0.1) is 4.47 Å². The lowest BCUT2D eigenvalue weighted by atomic mass is 10.0. The maximum atomic E-state index is 13.4. The van der Waals surface area contributed by atoms with Crippen LogP contribution in [0.3, 0.4) is 0 Å². The first-order valence-corrected chi connectivity index (χ1v) is 7.65. The van der Waals surface area contributed by atoms with Gasteiger partial charge in [-0.25, -0.2) is 4.39 Å². The second kappa shape index (κ2) is 7.00. The molecule has 106 valence electrons. The summed E-state index contributed by atoms with van der Waals surface area (Å²) in [6.45, 7) is 4.93. The summed E-state index contributed by atoms with van der Waals surface area (Å²) < 4.78 is 13.9. The van der Waals surface area contributed by atoms with E-state index in [2.05, 4.69) is 59.4 Å². The predicted molar refractivity (Wildman–Crippen MR) is 85.2 cm³/mol. The predicted octanol–water partition coefficient (Wildman–Crippen LogP) is 5.00. The molecule has 0 radical (unpaired) electrons. The Morgan fingerprint density at radius 2 is 1.75 bits per heavy atom. The molecule has 1 atom stereocenters. The molecule has 0 amide bonds. The van der Waals surface area contributed by atoms with Crippen LogP contribution in [0, 0.1) is 5.82 Å². The molecule has 0 aliphatic carbocycles. The van der Waals surface area contributed by atoms with E-state index in [1.807, 2.05) is 6.07 Å². The Bertz CT molecular complexity index is 566. The Balaban J connectivity index is 1.96. The molecule has 0 saturated carbocycles. The molecule has 2 rings (SSSR count). The maximum Gasteiger partial charge on any atom is 0.137 e. The zero-order valence-corrected chi connectivity index (χ0v) is 13.4. The Hall–Kier alpha value is -1.19. The second-order valence-electron chi connectivity index (χ2n) is 4.95. The molecule has 0 aliphatic heterocycles. The van der Waals surface area contributed by atoms with Gasteiger partial charge in [-0.1, -0.05) is 37.3 Å². The second-order valence-corrected chi connectivity index (χ2v) is 5.80. The molecule has 1 N–H and O–H groups in total. The summed E-state index contributed by atoms with van der Waals surface area (Å²) in [4.78, 5) is 0. The van der Waals surface area contributed by atoms with E-state index >= 15 is 0 Å². The molecule has 0 fully saturated rings. The first kappa shape index (κ1) is 15.2. The summed E-state index contributed by atoms with van der Waals surface area (Å²) in [6, 6.07) is 14.1. The molecule has 0 aliphatic rings. The third-order valence-electron chi connectivity index (χ3n) is 3.48. The number of hydrogen-bond donors (Lipinski definition) is 1. The van der Waals surface area contributed by atoms with Gasteiger partial charge >= 0.3 is 0 Å². The van der Waals surface area contributed by atoms with Crippen LogP contribution in [-0.2, 0) is 13.0 Å². The fourth-order valence-corrected chi connectivity index (χ4v) is 2.33. The molecular weight excluding hydrogens is 317 g/mol. The molecule has 2 aromatic rings. The van der Waals surface area contributed by atoms with E-state index in [9.17, 15) is 4.39 Å². The van der Waals surface area contributed by atoms with Crippen LogP contribution >= 0.6 is 15.9 Å². The van der Waals surface area contributed by atoms with Crippen molar-refractivity contribution < 1.29 is 4.39 Å². The number of hydrogen-bond acceptors (Lipinski definition) is 1. The van der Waals surface area contributed by atoms with Gasteiger partial charge < -0.3 is 5.32 Å². The average Bonchev–Trinajstić information content (AvgIpc) is 2.48. The maximum absolute atomic E-state index is 13.4. The Morgan fingerprint density at radius 3 is 2.35 bits per heavy atom. The average molecular weight is 336 g/mol. The van der Waals surface area contributed by atoms with Crippen molar-refractivity contribution in [3.8, 4) is 0 Å². The highest BCUT2D eigenvalue weighted by molar-refractivity contribution is 9.10. The molecule has 2 aromatic carbocycles. The SMILES string of the molecule is CCc1ccc(C(C)NCc2ccc(Br)c(F)c2)cc1. The molecule has 20 heavy (non-hydrogen) atoms. The highest BCUT2D eigenvalue weighted by atomic mass is 79.9. The van der Waals surface area contributed by atoms with Crippen LogP contribution in [-0.4, -0.2) is 0 Å². The summed E-state index contributed by atoms with van der Waals surface area (Å²) in [5.41, 5.74) is 3.54. The smallest absolute Gasteiger partial charge is 0.137 e. The monoisotopic (exact) mass is 335 g/mol. The van der Waals surface area contributed by atoms with Crippen molar-refractivity contribution >= 4 is 15.9 Å². The summed E-state index contributed by atoms with van der Waals surface area (Å²) in [6.07, 6.45) is 1.06. The van der Waals surface area contributed by atoms with Crippen LogP contribution in [0.4, 0.5) is 4.39 Å². The number of halogens is 2. The summed E-state index contributed by atoms with van der Waals surface area (Å²) >= 11 is 3.16. The van der Waals surface area contributed by atoms with Gasteiger partial charge in [0.1, 0.15) is 5.82 Å². The summed E-state index contributed by atoms with van der Waals surface area (Å²) in [5, 5.41) is 3.42. The van der Waals surface area contributed by atoms with Crippen LogP contribution in [0.5, 0.6) is 0 Å². The molecule has 0 spiro atoms. The van der Waals surface area contributed by atoms with Gasteiger partial charge in [-0.15, -0.1) is 0 Å². The lowest BCUT2D eigenvalue weighted by Crippen LogP contribution is -2.18.